The van der Waals surface area contributed by atoms with E-state index in [2.05, 4.69) is 10.6 Å². The molecule has 204 valence electrons. The lowest BCUT2D eigenvalue weighted by molar-refractivity contribution is 0.0232. The third-order valence-corrected chi connectivity index (χ3v) is 8.90. The van der Waals surface area contributed by atoms with E-state index in [1.807, 2.05) is 48.5 Å². The van der Waals surface area contributed by atoms with Crippen molar-refractivity contribution in [1.82, 2.24) is 10.6 Å². The van der Waals surface area contributed by atoms with Crippen LogP contribution in [0.15, 0.2) is 84.9 Å². The second kappa shape index (κ2) is 10.0. The van der Waals surface area contributed by atoms with Gasteiger partial charge in [0, 0.05) is 24.0 Å². The van der Waals surface area contributed by atoms with Gasteiger partial charge in [0.2, 0.25) is 0 Å². The molecule has 0 saturated carbocycles. The minimum Gasteiger partial charge on any atom is -0.455 e. The molecular formula is C32H24N2O6S. The van der Waals surface area contributed by atoms with E-state index in [0.717, 1.165) is 33.6 Å². The SMILES string of the molecule is O=C1N[C@@H]2c3ccccc3C[C@@H]2OC(=O)c2ccc(s2)C(=O)O[C@H]2Cc3ccccc3[C@H]2NC(=O)c2cccc1c2. The summed E-state index contributed by atoms with van der Waals surface area (Å²) in [6.07, 6.45) is -0.438. The molecule has 2 heterocycles. The largest absolute Gasteiger partial charge is 0.455 e. The molecule has 9 heteroatoms. The van der Waals surface area contributed by atoms with Crippen LogP contribution in [0.5, 0.6) is 0 Å². The molecule has 8 nitrogen and oxygen atoms in total. The van der Waals surface area contributed by atoms with Crippen molar-refractivity contribution in [2.24, 2.45) is 0 Å². The summed E-state index contributed by atoms with van der Waals surface area (Å²) in [5.41, 5.74) is 4.26. The lowest BCUT2D eigenvalue weighted by Gasteiger charge is -2.23. The molecule has 0 unspecified atom stereocenters. The minimum absolute atomic E-state index is 0.256. The van der Waals surface area contributed by atoms with Crippen molar-refractivity contribution in [1.29, 1.82) is 0 Å². The number of carbonyl (C=O) groups is 4. The predicted octanol–water partition coefficient (Wildman–Crippen LogP) is 4.57. The molecule has 7 rings (SSSR count). The number of hydrogen-bond donors (Lipinski definition) is 2. The first kappa shape index (κ1) is 25.2. The van der Waals surface area contributed by atoms with Gasteiger partial charge in [0.1, 0.15) is 22.0 Å². The van der Waals surface area contributed by atoms with Crippen LogP contribution in [0, 0.1) is 0 Å². The monoisotopic (exact) mass is 564 g/mol. The number of esters is 2. The van der Waals surface area contributed by atoms with E-state index >= 15 is 0 Å². The third-order valence-electron chi connectivity index (χ3n) is 7.85. The number of benzene rings is 3. The van der Waals surface area contributed by atoms with E-state index in [1.54, 1.807) is 30.3 Å². The highest BCUT2D eigenvalue weighted by atomic mass is 32.1. The molecule has 3 aromatic carbocycles. The average molecular weight is 565 g/mol. The Morgan fingerprint density at radius 1 is 0.585 bits per heavy atom. The maximum Gasteiger partial charge on any atom is 0.348 e. The number of hydrogen-bond acceptors (Lipinski definition) is 7. The Balaban J connectivity index is 1.28. The van der Waals surface area contributed by atoms with Gasteiger partial charge >= 0.3 is 11.9 Å². The highest BCUT2D eigenvalue weighted by Crippen LogP contribution is 2.36. The van der Waals surface area contributed by atoms with E-state index in [0.29, 0.717) is 24.0 Å². The summed E-state index contributed by atoms with van der Waals surface area (Å²) < 4.78 is 11.8. The Kier molecular flexibility index (Phi) is 6.16. The van der Waals surface area contributed by atoms with Crippen molar-refractivity contribution in [2.75, 3.05) is 0 Å². The summed E-state index contributed by atoms with van der Waals surface area (Å²) in [6, 6.07) is 23.6. The smallest absolute Gasteiger partial charge is 0.348 e. The molecule has 0 fully saturated rings. The van der Waals surface area contributed by atoms with Gasteiger partial charge in [0.05, 0.1) is 12.1 Å². The molecule has 4 bridgehead atoms. The van der Waals surface area contributed by atoms with Gasteiger partial charge in [-0.05, 0) is 52.6 Å². The van der Waals surface area contributed by atoms with E-state index in [1.165, 1.54) is 6.07 Å². The predicted molar refractivity (Wildman–Crippen MR) is 150 cm³/mol. The third kappa shape index (κ3) is 4.58. The van der Waals surface area contributed by atoms with Crippen molar-refractivity contribution in [2.45, 2.75) is 37.1 Å². The fourth-order valence-electron chi connectivity index (χ4n) is 5.88. The average Bonchev–Trinajstić information content (AvgIpc) is 3.70. The van der Waals surface area contributed by atoms with E-state index in [-0.39, 0.29) is 21.6 Å². The van der Waals surface area contributed by atoms with Gasteiger partial charge in [-0.2, -0.15) is 0 Å². The van der Waals surface area contributed by atoms with E-state index < -0.39 is 36.2 Å². The summed E-state index contributed by atoms with van der Waals surface area (Å²) >= 11 is 0.992. The van der Waals surface area contributed by atoms with Gasteiger partial charge in [0.15, 0.2) is 0 Å². The lowest BCUT2D eigenvalue weighted by atomic mass is 10.0. The van der Waals surface area contributed by atoms with Crippen LogP contribution in [0.2, 0.25) is 0 Å². The molecule has 1 aliphatic heterocycles. The zero-order valence-corrected chi connectivity index (χ0v) is 22.5. The molecular weight excluding hydrogens is 540 g/mol. The highest BCUT2D eigenvalue weighted by Gasteiger charge is 2.39. The summed E-state index contributed by atoms with van der Waals surface area (Å²) in [7, 11) is 0. The Morgan fingerprint density at radius 3 is 1.54 bits per heavy atom. The van der Waals surface area contributed by atoms with Gasteiger partial charge < -0.3 is 20.1 Å². The summed E-state index contributed by atoms with van der Waals surface area (Å²) in [5.74, 6) is -1.93. The first-order valence-electron chi connectivity index (χ1n) is 13.3. The van der Waals surface area contributed by atoms with Crippen LogP contribution in [-0.2, 0) is 22.3 Å². The quantitative estimate of drug-likeness (QED) is 0.303. The van der Waals surface area contributed by atoms with Crippen LogP contribution in [0.4, 0.5) is 0 Å². The number of rotatable bonds is 0. The van der Waals surface area contributed by atoms with Crippen molar-refractivity contribution in [3.05, 3.63) is 128 Å². The van der Waals surface area contributed by atoms with Crippen LogP contribution in [0.1, 0.15) is 74.4 Å². The first-order valence-corrected chi connectivity index (χ1v) is 14.2. The number of thiophene rings is 1. The Labute approximate surface area is 239 Å². The molecule has 3 aliphatic rings. The van der Waals surface area contributed by atoms with Crippen LogP contribution >= 0.6 is 11.3 Å². The summed E-state index contributed by atoms with van der Waals surface area (Å²) in [4.78, 5) is 53.8. The molecule has 2 N–H and O–H groups in total. The van der Waals surface area contributed by atoms with Crippen molar-refractivity contribution in [3.8, 4) is 0 Å². The minimum atomic E-state index is -0.649. The van der Waals surface area contributed by atoms with E-state index in [4.69, 9.17) is 9.47 Å². The number of carbonyl (C=O) groups excluding carboxylic acids is 4. The topological polar surface area (TPSA) is 111 Å². The number of nitrogens with one attached hydrogen (secondary N) is 2. The molecule has 2 amide bonds. The second-order valence-corrected chi connectivity index (χ2v) is 11.4. The molecule has 4 aromatic rings. The zero-order chi connectivity index (χ0) is 28.1. The fraction of sp³-hybridized carbons (Fsp3) is 0.188. The summed E-state index contributed by atoms with van der Waals surface area (Å²) in [5, 5.41) is 6.04. The maximum atomic E-state index is 13.5. The number of amides is 2. The Morgan fingerprint density at radius 2 is 1.05 bits per heavy atom. The van der Waals surface area contributed by atoms with Gasteiger partial charge in [0.25, 0.3) is 11.8 Å². The molecule has 0 saturated heterocycles. The molecule has 0 radical (unpaired) electrons. The van der Waals surface area contributed by atoms with Gasteiger partial charge in [-0.25, -0.2) is 9.59 Å². The second-order valence-electron chi connectivity index (χ2n) is 10.3. The standard InChI is InChI=1S/C32H24N2O6S/c35-29-19-8-5-9-20(14-19)30(36)34-28-22-11-4-2-7-18(22)16-24(28)40-32(38)26-13-12-25(41-26)31(37)39-23-15-17-6-1-3-10-21(17)27(23)33-29/h1-14,23-24,27-28H,15-16H2,(H,33,35)(H,34,36)/t23-,24-,27+,28+/m0/s1. The lowest BCUT2D eigenvalue weighted by Crippen LogP contribution is -2.37. The normalized spacial score (nSPS) is 23.4. The summed E-state index contributed by atoms with van der Waals surface area (Å²) in [6.45, 7) is 0. The van der Waals surface area contributed by atoms with Crippen LogP contribution in [-0.4, -0.2) is 36.0 Å². The van der Waals surface area contributed by atoms with Gasteiger partial charge in [-0.3, -0.25) is 9.59 Å². The molecule has 0 spiro atoms. The highest BCUT2D eigenvalue weighted by molar-refractivity contribution is 7.15. The molecule has 2 aliphatic carbocycles. The zero-order valence-electron chi connectivity index (χ0n) is 21.7. The van der Waals surface area contributed by atoms with Crippen molar-refractivity contribution in [3.63, 3.8) is 0 Å². The number of fused-ring (bicyclic) bond motifs is 10. The van der Waals surface area contributed by atoms with E-state index in [9.17, 15) is 19.2 Å². The Hall–Kier alpha value is -4.76. The fourth-order valence-corrected chi connectivity index (χ4v) is 6.65. The molecule has 1 aromatic heterocycles. The molecule has 41 heavy (non-hydrogen) atoms. The Bertz CT molecular complexity index is 1610. The van der Waals surface area contributed by atoms with Crippen molar-refractivity contribution < 1.29 is 28.7 Å². The number of ether oxygens (including phenoxy) is 2. The van der Waals surface area contributed by atoms with Crippen molar-refractivity contribution >= 4 is 35.1 Å². The van der Waals surface area contributed by atoms with Gasteiger partial charge in [-0.1, -0.05) is 54.6 Å². The maximum absolute atomic E-state index is 13.5. The first-order chi connectivity index (χ1) is 19.9. The van der Waals surface area contributed by atoms with Crippen LogP contribution < -0.4 is 10.6 Å². The van der Waals surface area contributed by atoms with Gasteiger partial charge in [-0.15, -0.1) is 11.3 Å². The molecule has 4 atom stereocenters. The van der Waals surface area contributed by atoms with Crippen LogP contribution in [0.25, 0.3) is 0 Å². The van der Waals surface area contributed by atoms with Crippen LogP contribution in [0.3, 0.4) is 0 Å².